The van der Waals surface area contributed by atoms with Gasteiger partial charge in [0.25, 0.3) is 0 Å². The van der Waals surface area contributed by atoms with E-state index in [2.05, 4.69) is 26.8 Å². The summed E-state index contributed by atoms with van der Waals surface area (Å²) in [6.07, 6.45) is -0.232. The summed E-state index contributed by atoms with van der Waals surface area (Å²) in [6.45, 7) is 12.4. The predicted octanol–water partition coefficient (Wildman–Crippen LogP) is 5.28. The predicted molar refractivity (Wildman–Crippen MR) is 75.5 cm³/mol. The Hall–Kier alpha value is -0.770. The third-order valence-electron chi connectivity index (χ3n) is 4.09. The average molecular weight is 290 g/mol. The Balaban J connectivity index is 3.04. The van der Waals surface area contributed by atoms with E-state index in [0.29, 0.717) is 0 Å². The van der Waals surface area contributed by atoms with Crippen molar-refractivity contribution < 1.29 is 17.9 Å². The van der Waals surface area contributed by atoms with Crippen LogP contribution in [0.1, 0.15) is 48.5 Å². The highest BCUT2D eigenvalue weighted by molar-refractivity contribution is 5.45. The second-order valence-corrected chi connectivity index (χ2v) is 7.33. The van der Waals surface area contributed by atoms with E-state index in [9.17, 15) is 13.2 Å². The van der Waals surface area contributed by atoms with Crippen molar-refractivity contribution in [3.05, 3.63) is 23.3 Å². The van der Waals surface area contributed by atoms with Crippen LogP contribution in [-0.4, -0.2) is 18.4 Å². The van der Waals surface area contributed by atoms with Gasteiger partial charge in [0.1, 0.15) is 6.61 Å². The second kappa shape index (κ2) is 4.90. The first-order chi connectivity index (χ1) is 8.68. The second-order valence-electron chi connectivity index (χ2n) is 7.33. The summed E-state index contributed by atoms with van der Waals surface area (Å²) in [6, 6.07) is 0. The first-order valence-electron chi connectivity index (χ1n) is 6.82. The standard InChI is InChI=1S/C16H25F3O/c1-11-8-15(7,9-12(11)13(2,3)4)14(5,6)20-10-16(17,18)19/h8-9H,10H2,1-7H3. The molecule has 0 aliphatic heterocycles. The van der Waals surface area contributed by atoms with Crippen LogP contribution in [0.4, 0.5) is 13.2 Å². The van der Waals surface area contributed by atoms with Crippen LogP contribution in [0, 0.1) is 10.8 Å². The van der Waals surface area contributed by atoms with Crippen molar-refractivity contribution >= 4 is 0 Å². The van der Waals surface area contributed by atoms with Crippen LogP contribution in [0.5, 0.6) is 0 Å². The summed E-state index contributed by atoms with van der Waals surface area (Å²) in [4.78, 5) is 0. The smallest absolute Gasteiger partial charge is 0.365 e. The minimum absolute atomic E-state index is 0.0293. The molecule has 0 fully saturated rings. The largest absolute Gasteiger partial charge is 0.411 e. The molecule has 0 heterocycles. The van der Waals surface area contributed by atoms with E-state index in [4.69, 9.17) is 4.74 Å². The quantitative estimate of drug-likeness (QED) is 0.687. The molecule has 1 aliphatic carbocycles. The number of hydrogen-bond acceptors (Lipinski definition) is 1. The fourth-order valence-electron chi connectivity index (χ4n) is 2.56. The summed E-state index contributed by atoms with van der Waals surface area (Å²) >= 11 is 0. The molecule has 0 aromatic carbocycles. The van der Waals surface area contributed by atoms with E-state index in [1.807, 2.05) is 19.9 Å². The first kappa shape index (κ1) is 17.3. The van der Waals surface area contributed by atoms with Gasteiger partial charge in [-0.05, 0) is 38.7 Å². The normalized spacial score (nSPS) is 24.7. The maximum atomic E-state index is 12.4. The van der Waals surface area contributed by atoms with Gasteiger partial charge in [-0.25, -0.2) is 0 Å². The van der Waals surface area contributed by atoms with E-state index < -0.39 is 23.8 Å². The fourth-order valence-corrected chi connectivity index (χ4v) is 2.56. The van der Waals surface area contributed by atoms with Gasteiger partial charge < -0.3 is 4.74 Å². The van der Waals surface area contributed by atoms with Crippen molar-refractivity contribution in [2.24, 2.45) is 10.8 Å². The van der Waals surface area contributed by atoms with Crippen LogP contribution in [0.2, 0.25) is 0 Å². The third-order valence-corrected chi connectivity index (χ3v) is 4.09. The molecule has 4 heteroatoms. The van der Waals surface area contributed by atoms with Gasteiger partial charge in [0.2, 0.25) is 0 Å². The van der Waals surface area contributed by atoms with Gasteiger partial charge in [-0.2, -0.15) is 13.2 Å². The highest BCUT2D eigenvalue weighted by atomic mass is 19.4. The molecule has 0 aromatic rings. The van der Waals surface area contributed by atoms with Gasteiger partial charge >= 0.3 is 6.18 Å². The Morgan fingerprint density at radius 3 is 1.90 bits per heavy atom. The molecule has 1 rings (SSSR count). The van der Waals surface area contributed by atoms with Crippen LogP contribution < -0.4 is 0 Å². The highest BCUT2D eigenvalue weighted by Crippen LogP contribution is 2.48. The average Bonchev–Trinajstić information content (AvgIpc) is 2.52. The SMILES string of the molecule is CC1=CC(C)(C(C)(C)OCC(F)(F)F)C=C1C(C)(C)C. The van der Waals surface area contributed by atoms with Gasteiger partial charge in [0, 0.05) is 5.41 Å². The van der Waals surface area contributed by atoms with Crippen molar-refractivity contribution in [2.75, 3.05) is 6.61 Å². The molecule has 0 bridgehead atoms. The summed E-state index contributed by atoms with van der Waals surface area (Å²) in [7, 11) is 0. The zero-order chi connectivity index (χ0) is 16.0. The summed E-state index contributed by atoms with van der Waals surface area (Å²) in [5.41, 5.74) is 0.799. The lowest BCUT2D eigenvalue weighted by Gasteiger charge is -2.39. The minimum Gasteiger partial charge on any atom is -0.365 e. The summed E-state index contributed by atoms with van der Waals surface area (Å²) in [5, 5.41) is 0. The molecule has 20 heavy (non-hydrogen) atoms. The first-order valence-corrected chi connectivity index (χ1v) is 6.82. The lowest BCUT2D eigenvalue weighted by molar-refractivity contribution is -0.210. The Bertz CT molecular complexity index is 436. The lowest BCUT2D eigenvalue weighted by atomic mass is 9.75. The van der Waals surface area contributed by atoms with Crippen LogP contribution in [0.15, 0.2) is 23.3 Å². The summed E-state index contributed by atoms with van der Waals surface area (Å²) < 4.78 is 42.3. The number of alkyl halides is 3. The van der Waals surface area contributed by atoms with Crippen molar-refractivity contribution in [1.29, 1.82) is 0 Å². The number of rotatable bonds is 3. The Kier molecular flexibility index (Phi) is 4.24. The van der Waals surface area contributed by atoms with Crippen molar-refractivity contribution in [2.45, 2.75) is 60.2 Å². The van der Waals surface area contributed by atoms with Gasteiger partial charge in [-0.1, -0.05) is 38.5 Å². The van der Waals surface area contributed by atoms with E-state index in [0.717, 1.165) is 5.57 Å². The van der Waals surface area contributed by atoms with Crippen LogP contribution in [0.3, 0.4) is 0 Å². The number of ether oxygens (including phenoxy) is 1. The molecule has 1 atom stereocenters. The molecule has 1 aliphatic rings. The number of allylic oxidation sites excluding steroid dienone is 2. The van der Waals surface area contributed by atoms with Gasteiger partial charge in [0.05, 0.1) is 5.60 Å². The Morgan fingerprint density at radius 1 is 1.05 bits per heavy atom. The van der Waals surface area contributed by atoms with Gasteiger partial charge in [-0.15, -0.1) is 0 Å². The summed E-state index contributed by atoms with van der Waals surface area (Å²) in [5.74, 6) is 0. The zero-order valence-corrected chi connectivity index (χ0v) is 13.4. The lowest BCUT2D eigenvalue weighted by Crippen LogP contribution is -2.42. The van der Waals surface area contributed by atoms with Crippen LogP contribution in [0.25, 0.3) is 0 Å². The van der Waals surface area contributed by atoms with Crippen LogP contribution in [-0.2, 0) is 4.74 Å². The molecule has 0 amide bonds. The van der Waals surface area contributed by atoms with Gasteiger partial charge in [-0.3, -0.25) is 0 Å². The molecule has 0 saturated carbocycles. The molecule has 1 nitrogen and oxygen atoms in total. The Labute approximate surface area is 119 Å². The fraction of sp³-hybridized carbons (Fsp3) is 0.750. The maximum Gasteiger partial charge on any atom is 0.411 e. The molecular formula is C16H25F3O. The monoisotopic (exact) mass is 290 g/mol. The molecule has 0 N–H and O–H groups in total. The van der Waals surface area contributed by atoms with E-state index in [-0.39, 0.29) is 5.41 Å². The molecule has 0 spiro atoms. The molecule has 116 valence electrons. The van der Waals surface area contributed by atoms with Gasteiger partial charge in [0.15, 0.2) is 0 Å². The van der Waals surface area contributed by atoms with E-state index in [1.54, 1.807) is 13.8 Å². The van der Waals surface area contributed by atoms with Crippen LogP contribution >= 0.6 is 0 Å². The van der Waals surface area contributed by atoms with Crippen molar-refractivity contribution in [3.63, 3.8) is 0 Å². The van der Waals surface area contributed by atoms with E-state index in [1.165, 1.54) is 5.57 Å². The molecular weight excluding hydrogens is 265 g/mol. The molecule has 0 radical (unpaired) electrons. The number of halogens is 3. The van der Waals surface area contributed by atoms with Crippen molar-refractivity contribution in [3.8, 4) is 0 Å². The molecule has 1 unspecified atom stereocenters. The van der Waals surface area contributed by atoms with E-state index >= 15 is 0 Å². The highest BCUT2D eigenvalue weighted by Gasteiger charge is 2.45. The molecule has 0 saturated heterocycles. The third kappa shape index (κ3) is 3.66. The number of hydrogen-bond donors (Lipinski definition) is 0. The minimum atomic E-state index is -4.30. The topological polar surface area (TPSA) is 9.23 Å². The zero-order valence-electron chi connectivity index (χ0n) is 13.4. The van der Waals surface area contributed by atoms with Crippen molar-refractivity contribution in [1.82, 2.24) is 0 Å². The Morgan fingerprint density at radius 2 is 1.55 bits per heavy atom. The maximum absolute atomic E-state index is 12.4. The molecule has 0 aromatic heterocycles.